The number of hydrogen-bond donors (Lipinski definition) is 1. The number of rotatable bonds is 6. The molecule has 3 aromatic carbocycles. The Morgan fingerprint density at radius 1 is 1.00 bits per heavy atom. The van der Waals surface area contributed by atoms with E-state index >= 15 is 0 Å². The number of hydrogen-bond acceptors (Lipinski definition) is 8. The fourth-order valence-electron chi connectivity index (χ4n) is 7.29. The third-order valence-electron chi connectivity index (χ3n) is 8.84. The van der Waals surface area contributed by atoms with E-state index < -0.39 is 51.6 Å². The van der Waals surface area contributed by atoms with E-state index in [1.807, 2.05) is 48.5 Å². The van der Waals surface area contributed by atoms with E-state index in [2.05, 4.69) is 10.5 Å². The fourth-order valence-corrected chi connectivity index (χ4v) is 7.29. The Kier molecular flexibility index (Phi) is 5.86. The zero-order valence-corrected chi connectivity index (χ0v) is 22.6. The van der Waals surface area contributed by atoms with E-state index in [1.165, 1.54) is 18.2 Å². The third kappa shape index (κ3) is 3.60. The second-order valence-electron chi connectivity index (χ2n) is 11.1. The molecule has 1 N–H and O–H groups in total. The predicted octanol–water partition coefficient (Wildman–Crippen LogP) is 3.40. The van der Waals surface area contributed by atoms with Crippen molar-refractivity contribution >= 4 is 35.3 Å². The van der Waals surface area contributed by atoms with Gasteiger partial charge in [-0.25, -0.2) is 10.3 Å². The van der Waals surface area contributed by atoms with Crippen molar-refractivity contribution in [1.29, 1.82) is 0 Å². The lowest BCUT2D eigenvalue weighted by Gasteiger charge is -2.52. The molecule has 2 fully saturated rings. The Labute approximate surface area is 240 Å². The summed E-state index contributed by atoms with van der Waals surface area (Å²) in [4.78, 5) is 53.7. The third-order valence-corrected chi connectivity index (χ3v) is 8.84. The van der Waals surface area contributed by atoms with Crippen molar-refractivity contribution in [3.8, 4) is 0 Å². The quantitative estimate of drug-likeness (QED) is 0.209. The Morgan fingerprint density at radius 2 is 1.60 bits per heavy atom. The van der Waals surface area contributed by atoms with Crippen LogP contribution >= 0.6 is 0 Å². The van der Waals surface area contributed by atoms with Crippen LogP contribution in [-0.2, 0) is 29.3 Å². The van der Waals surface area contributed by atoms with E-state index in [-0.39, 0.29) is 17.8 Å². The van der Waals surface area contributed by atoms with Crippen molar-refractivity contribution in [2.45, 2.75) is 30.5 Å². The molecule has 212 valence electrons. The first-order valence-electron chi connectivity index (χ1n) is 13.7. The van der Waals surface area contributed by atoms with Gasteiger partial charge in [-0.2, -0.15) is 5.10 Å². The average molecular weight is 567 g/mol. The smallest absolute Gasteiger partial charge is 0.293 e. The lowest BCUT2D eigenvalue weighted by molar-refractivity contribution is -0.384. The minimum atomic E-state index is -1.23. The van der Waals surface area contributed by atoms with Crippen LogP contribution in [0.4, 0.5) is 11.4 Å². The summed E-state index contributed by atoms with van der Waals surface area (Å²) in [5, 5.41) is 16.3. The number of amides is 3. The Balaban J connectivity index is 1.37. The summed E-state index contributed by atoms with van der Waals surface area (Å²) in [5.41, 5.74) is 4.29. The van der Waals surface area contributed by atoms with Gasteiger partial charge >= 0.3 is 0 Å². The van der Waals surface area contributed by atoms with Gasteiger partial charge < -0.3 is 9.47 Å². The van der Waals surface area contributed by atoms with Crippen LogP contribution in [0, 0.1) is 22.0 Å². The highest BCUT2D eigenvalue weighted by Crippen LogP contribution is 2.63. The highest BCUT2D eigenvalue weighted by atomic mass is 16.7. The number of imide groups is 1. The van der Waals surface area contributed by atoms with Crippen molar-refractivity contribution in [3.63, 3.8) is 0 Å². The summed E-state index contributed by atoms with van der Waals surface area (Å²) in [6.45, 7) is 2.46. The van der Waals surface area contributed by atoms with Crippen LogP contribution in [-0.4, -0.2) is 47.9 Å². The average Bonchev–Trinajstić information content (AvgIpc) is 3.53. The molecule has 3 amide bonds. The zero-order chi connectivity index (χ0) is 29.2. The van der Waals surface area contributed by atoms with Crippen LogP contribution in [0.15, 0.2) is 77.9 Å². The summed E-state index contributed by atoms with van der Waals surface area (Å²) in [7, 11) is 0. The van der Waals surface area contributed by atoms with Gasteiger partial charge in [0.2, 0.25) is 17.7 Å². The molecule has 11 nitrogen and oxygen atoms in total. The SMILES string of the molecule is CC1(CC(=O)N/N=C\C23c4ccccc4C(c4ccccc42)[C@@H]2C(=O)N(c4ccccc4[N+](=O)[O-])C(=O)[C@H]23)OCCO1. The molecule has 2 bridgehead atoms. The number of carbonyl (C=O) groups excluding carboxylic acids is 3. The number of nitrogens with zero attached hydrogens (tertiary/aromatic N) is 3. The Bertz CT molecular complexity index is 1650. The summed E-state index contributed by atoms with van der Waals surface area (Å²) >= 11 is 0. The molecule has 3 aliphatic carbocycles. The molecule has 5 aliphatic rings. The summed E-state index contributed by atoms with van der Waals surface area (Å²) in [6.07, 6.45) is 1.46. The predicted molar refractivity (Wildman–Crippen MR) is 150 cm³/mol. The van der Waals surface area contributed by atoms with Crippen LogP contribution in [0.1, 0.15) is 41.5 Å². The van der Waals surface area contributed by atoms with Gasteiger partial charge in [0, 0.05) is 18.2 Å². The number of carbonyl (C=O) groups is 3. The highest BCUT2D eigenvalue weighted by molar-refractivity contribution is 6.25. The van der Waals surface area contributed by atoms with Gasteiger partial charge in [-0.15, -0.1) is 0 Å². The Morgan fingerprint density at radius 3 is 2.24 bits per heavy atom. The van der Waals surface area contributed by atoms with Crippen LogP contribution < -0.4 is 10.3 Å². The molecular weight excluding hydrogens is 540 g/mol. The van der Waals surface area contributed by atoms with Gasteiger partial charge in [-0.05, 0) is 35.2 Å². The van der Waals surface area contributed by atoms with Crippen molar-refractivity contribution in [2.24, 2.45) is 16.9 Å². The van der Waals surface area contributed by atoms with Crippen molar-refractivity contribution in [3.05, 3.63) is 105 Å². The van der Waals surface area contributed by atoms with Gasteiger partial charge in [0.15, 0.2) is 5.79 Å². The largest absolute Gasteiger partial charge is 0.347 e. The molecule has 0 radical (unpaired) electrons. The van der Waals surface area contributed by atoms with E-state index in [4.69, 9.17) is 9.47 Å². The number of ether oxygens (including phenoxy) is 2. The lowest BCUT2D eigenvalue weighted by Crippen LogP contribution is -2.54. The van der Waals surface area contributed by atoms with Crippen LogP contribution in [0.5, 0.6) is 0 Å². The maximum absolute atomic E-state index is 14.4. The molecule has 11 heteroatoms. The highest BCUT2D eigenvalue weighted by Gasteiger charge is 2.68. The summed E-state index contributed by atoms with van der Waals surface area (Å²) in [5.74, 6) is -4.75. The molecule has 0 saturated carbocycles. The standard InChI is InChI=1S/C31H26N4O7/c1-30(41-14-15-42-30)16-24(36)33-32-17-31-20-10-4-2-8-18(20)25(19-9-3-5-11-21(19)31)26-27(31)29(38)34(28(26)37)22-12-6-7-13-23(22)35(39)40/h2-13,17,25-27H,14-16H2,1H3,(H,33,36)/b32-17-/t25?,26-,27-,31?/m0/s1. The number of nitro groups is 1. The van der Waals surface area contributed by atoms with Crippen LogP contribution in [0.3, 0.4) is 0 Å². The second-order valence-corrected chi connectivity index (χ2v) is 11.1. The molecule has 3 aromatic rings. The van der Waals surface area contributed by atoms with E-state index in [0.717, 1.165) is 27.2 Å². The first-order chi connectivity index (χ1) is 20.3. The zero-order valence-electron chi connectivity index (χ0n) is 22.6. The normalized spacial score (nSPS) is 26.7. The van der Waals surface area contributed by atoms with Crippen LogP contribution in [0.2, 0.25) is 0 Å². The Hall–Kier alpha value is -4.74. The molecule has 2 heterocycles. The van der Waals surface area contributed by atoms with Gasteiger partial charge in [0.25, 0.3) is 5.69 Å². The molecule has 0 unspecified atom stereocenters. The lowest BCUT2D eigenvalue weighted by atomic mass is 9.47. The van der Waals surface area contributed by atoms with E-state index in [1.54, 1.807) is 19.2 Å². The number of benzene rings is 3. The van der Waals surface area contributed by atoms with E-state index in [9.17, 15) is 24.5 Å². The molecular formula is C31H26N4O7. The number of anilines is 1. The van der Waals surface area contributed by atoms with Gasteiger partial charge in [-0.1, -0.05) is 60.7 Å². The molecule has 8 rings (SSSR count). The number of hydrazone groups is 1. The first kappa shape index (κ1) is 26.2. The number of para-hydroxylation sites is 2. The maximum Gasteiger partial charge on any atom is 0.293 e. The molecule has 2 saturated heterocycles. The molecule has 2 aliphatic heterocycles. The first-order valence-corrected chi connectivity index (χ1v) is 13.7. The summed E-state index contributed by atoms with van der Waals surface area (Å²) < 4.78 is 11.1. The molecule has 0 spiro atoms. The van der Waals surface area contributed by atoms with Crippen molar-refractivity contribution in [1.82, 2.24) is 5.43 Å². The fraction of sp³-hybridized carbons (Fsp3) is 0.290. The number of nitro benzene ring substituents is 1. The van der Waals surface area contributed by atoms with Crippen molar-refractivity contribution < 1.29 is 28.8 Å². The van der Waals surface area contributed by atoms with E-state index in [0.29, 0.717) is 13.2 Å². The molecule has 2 atom stereocenters. The maximum atomic E-state index is 14.4. The second kappa shape index (κ2) is 9.40. The van der Waals surface area contributed by atoms with Gasteiger partial charge in [-0.3, -0.25) is 24.5 Å². The topological polar surface area (TPSA) is 140 Å². The molecule has 0 aromatic heterocycles. The monoisotopic (exact) mass is 566 g/mol. The minimum Gasteiger partial charge on any atom is -0.347 e. The van der Waals surface area contributed by atoms with Crippen LogP contribution in [0.25, 0.3) is 0 Å². The van der Waals surface area contributed by atoms with Gasteiger partial charge in [0.1, 0.15) is 5.69 Å². The number of nitrogens with one attached hydrogen (secondary N) is 1. The summed E-state index contributed by atoms with van der Waals surface area (Å²) in [6, 6.07) is 20.9. The van der Waals surface area contributed by atoms with Crippen molar-refractivity contribution in [2.75, 3.05) is 18.1 Å². The molecule has 42 heavy (non-hydrogen) atoms. The minimum absolute atomic E-state index is 0.0652. The van der Waals surface area contributed by atoms with Gasteiger partial charge in [0.05, 0.1) is 41.8 Å².